The molecule has 1 saturated heterocycles. The first kappa shape index (κ1) is 22.9. The fourth-order valence-electron chi connectivity index (χ4n) is 2.87. The zero-order valence-electron chi connectivity index (χ0n) is 16.9. The second-order valence-corrected chi connectivity index (χ2v) is 8.34. The number of amides is 2. The Hall–Kier alpha value is -2.75. The summed E-state index contributed by atoms with van der Waals surface area (Å²) in [6, 6.07) is 10.3. The topological polar surface area (TPSA) is 77.1 Å². The molecule has 0 unspecified atom stereocenters. The standard InChI is InChI=1S/C21H19ClN2O5S2/c1-27-15-8-12(9-16(28-2)19(15)29-3)10-17-20(26)24(21(30)31-17)11-18(25)23-14-7-5-4-6-13(14)22/h4-10H,11H2,1-3H3,(H,23,25)/b17-10-. The van der Waals surface area contributed by atoms with E-state index in [9.17, 15) is 9.59 Å². The summed E-state index contributed by atoms with van der Waals surface area (Å²) in [5, 5.41) is 3.09. The summed E-state index contributed by atoms with van der Waals surface area (Å²) in [6.45, 7) is -0.220. The van der Waals surface area contributed by atoms with E-state index in [-0.39, 0.29) is 16.8 Å². The zero-order chi connectivity index (χ0) is 22.5. The van der Waals surface area contributed by atoms with Crippen molar-refractivity contribution < 1.29 is 23.8 Å². The number of benzene rings is 2. The monoisotopic (exact) mass is 478 g/mol. The number of anilines is 1. The van der Waals surface area contributed by atoms with Gasteiger partial charge in [0.25, 0.3) is 5.91 Å². The van der Waals surface area contributed by atoms with E-state index in [1.54, 1.807) is 42.5 Å². The minimum Gasteiger partial charge on any atom is -0.493 e. The predicted molar refractivity (Wildman–Crippen MR) is 126 cm³/mol. The van der Waals surface area contributed by atoms with Gasteiger partial charge >= 0.3 is 0 Å². The van der Waals surface area contributed by atoms with Crippen molar-refractivity contribution in [3.63, 3.8) is 0 Å². The first-order valence-corrected chi connectivity index (χ1v) is 10.6. The average molecular weight is 479 g/mol. The molecule has 1 N–H and O–H groups in total. The van der Waals surface area contributed by atoms with Crippen LogP contribution in [0, 0.1) is 0 Å². The molecule has 3 rings (SSSR count). The lowest BCUT2D eigenvalue weighted by Crippen LogP contribution is -2.36. The van der Waals surface area contributed by atoms with Crippen molar-refractivity contribution in [2.75, 3.05) is 33.2 Å². The van der Waals surface area contributed by atoms with Crippen LogP contribution in [0.3, 0.4) is 0 Å². The van der Waals surface area contributed by atoms with E-state index in [0.717, 1.165) is 11.8 Å². The minimum absolute atomic E-state index is 0.220. The summed E-state index contributed by atoms with van der Waals surface area (Å²) in [7, 11) is 4.54. The van der Waals surface area contributed by atoms with Crippen LogP contribution in [0.1, 0.15) is 5.56 Å². The van der Waals surface area contributed by atoms with E-state index in [4.69, 9.17) is 38.0 Å². The van der Waals surface area contributed by atoms with E-state index < -0.39 is 5.91 Å². The molecule has 0 bridgehead atoms. The number of thiocarbonyl (C=S) groups is 1. The number of ether oxygens (including phenoxy) is 3. The summed E-state index contributed by atoms with van der Waals surface area (Å²) in [5.74, 6) is 0.604. The number of nitrogens with zero attached hydrogens (tertiary/aromatic N) is 1. The quantitative estimate of drug-likeness (QED) is 0.472. The third-order valence-electron chi connectivity index (χ3n) is 4.31. The third kappa shape index (κ3) is 5.12. The molecule has 0 aromatic heterocycles. The van der Waals surface area contributed by atoms with Crippen molar-refractivity contribution in [3.05, 3.63) is 51.9 Å². The van der Waals surface area contributed by atoms with Gasteiger partial charge in [-0.1, -0.05) is 47.7 Å². The van der Waals surface area contributed by atoms with Crippen molar-refractivity contribution in [2.24, 2.45) is 0 Å². The van der Waals surface area contributed by atoms with Crippen LogP contribution in [0.2, 0.25) is 5.02 Å². The first-order valence-electron chi connectivity index (χ1n) is 8.97. The minimum atomic E-state index is -0.404. The molecule has 0 spiro atoms. The van der Waals surface area contributed by atoms with Gasteiger partial charge in [0.2, 0.25) is 11.7 Å². The van der Waals surface area contributed by atoms with Gasteiger partial charge in [0.15, 0.2) is 11.5 Å². The maximum absolute atomic E-state index is 12.9. The van der Waals surface area contributed by atoms with Gasteiger partial charge < -0.3 is 19.5 Å². The zero-order valence-corrected chi connectivity index (χ0v) is 19.3. The average Bonchev–Trinajstić information content (AvgIpc) is 3.01. The molecule has 0 radical (unpaired) electrons. The lowest BCUT2D eigenvalue weighted by molar-refractivity contribution is -0.126. The van der Waals surface area contributed by atoms with Crippen molar-refractivity contribution in [1.82, 2.24) is 4.90 Å². The molecular weight excluding hydrogens is 460 g/mol. The smallest absolute Gasteiger partial charge is 0.266 e. The maximum Gasteiger partial charge on any atom is 0.266 e. The number of methoxy groups -OCH3 is 3. The third-order valence-corrected chi connectivity index (χ3v) is 6.02. The van der Waals surface area contributed by atoms with Crippen LogP contribution in [0.15, 0.2) is 41.3 Å². The highest BCUT2D eigenvalue weighted by molar-refractivity contribution is 8.26. The molecule has 0 saturated carbocycles. The van der Waals surface area contributed by atoms with Crippen LogP contribution >= 0.6 is 35.6 Å². The molecule has 2 aromatic carbocycles. The summed E-state index contributed by atoms with van der Waals surface area (Å²) < 4.78 is 16.3. The number of rotatable bonds is 7. The number of thioether (sulfide) groups is 1. The number of carbonyl (C=O) groups excluding carboxylic acids is 2. The van der Waals surface area contributed by atoms with E-state index in [0.29, 0.717) is 38.4 Å². The molecule has 0 aliphatic carbocycles. The molecule has 1 aliphatic rings. The summed E-state index contributed by atoms with van der Waals surface area (Å²) in [4.78, 5) is 26.9. The lowest BCUT2D eigenvalue weighted by Gasteiger charge is -2.14. The molecule has 2 aromatic rings. The fourth-order valence-corrected chi connectivity index (χ4v) is 4.31. The Bertz CT molecular complexity index is 1050. The summed E-state index contributed by atoms with van der Waals surface area (Å²) >= 11 is 12.5. The van der Waals surface area contributed by atoms with Gasteiger partial charge in [-0.05, 0) is 35.9 Å². The van der Waals surface area contributed by atoms with E-state index in [2.05, 4.69) is 5.32 Å². The fraction of sp³-hybridized carbons (Fsp3) is 0.190. The Labute approximate surface area is 194 Å². The number of nitrogens with one attached hydrogen (secondary N) is 1. The molecule has 0 atom stereocenters. The molecule has 1 heterocycles. The van der Waals surface area contributed by atoms with Gasteiger partial charge in [0.1, 0.15) is 10.9 Å². The van der Waals surface area contributed by atoms with E-state index >= 15 is 0 Å². The van der Waals surface area contributed by atoms with Crippen LogP contribution in [0.4, 0.5) is 5.69 Å². The van der Waals surface area contributed by atoms with E-state index in [1.165, 1.54) is 26.2 Å². The number of hydrogen-bond acceptors (Lipinski definition) is 7. The van der Waals surface area contributed by atoms with Crippen LogP contribution < -0.4 is 19.5 Å². The summed E-state index contributed by atoms with van der Waals surface area (Å²) in [6.07, 6.45) is 1.66. The number of hydrogen-bond donors (Lipinski definition) is 1. The van der Waals surface area contributed by atoms with Gasteiger partial charge in [0.05, 0.1) is 36.9 Å². The molecular formula is C21H19ClN2O5S2. The number of para-hydroxylation sites is 1. The Balaban J connectivity index is 1.79. The molecule has 1 fully saturated rings. The van der Waals surface area contributed by atoms with Crippen molar-refractivity contribution in [1.29, 1.82) is 0 Å². The Kier molecular flexibility index (Phi) is 7.42. The van der Waals surface area contributed by atoms with Gasteiger partial charge in [0, 0.05) is 0 Å². The SMILES string of the molecule is COc1cc(/C=C2\SC(=S)N(CC(=O)Nc3ccccc3Cl)C2=O)cc(OC)c1OC. The number of carbonyl (C=O) groups is 2. The maximum atomic E-state index is 12.9. The normalized spacial score (nSPS) is 14.7. The van der Waals surface area contributed by atoms with Gasteiger partial charge in [-0.3, -0.25) is 14.5 Å². The Morgan fingerprint density at radius 1 is 1.16 bits per heavy atom. The highest BCUT2D eigenvalue weighted by Gasteiger charge is 2.33. The molecule has 7 nitrogen and oxygen atoms in total. The largest absolute Gasteiger partial charge is 0.493 e. The van der Waals surface area contributed by atoms with Gasteiger partial charge in [-0.15, -0.1) is 0 Å². The summed E-state index contributed by atoms with van der Waals surface area (Å²) in [5.41, 5.74) is 1.13. The number of halogens is 1. The molecule has 31 heavy (non-hydrogen) atoms. The molecule has 10 heteroatoms. The van der Waals surface area contributed by atoms with Crippen molar-refractivity contribution >= 4 is 63.5 Å². The van der Waals surface area contributed by atoms with E-state index in [1.807, 2.05) is 0 Å². The van der Waals surface area contributed by atoms with Crippen LogP contribution in [-0.2, 0) is 9.59 Å². The lowest BCUT2D eigenvalue weighted by atomic mass is 10.1. The molecule has 2 amide bonds. The molecule has 162 valence electrons. The highest BCUT2D eigenvalue weighted by Crippen LogP contribution is 2.40. The van der Waals surface area contributed by atoms with Crippen LogP contribution in [0.5, 0.6) is 17.2 Å². The second-order valence-electron chi connectivity index (χ2n) is 6.25. The Morgan fingerprint density at radius 2 is 1.81 bits per heavy atom. The second kappa shape index (κ2) is 10.0. The molecule has 1 aliphatic heterocycles. The van der Waals surface area contributed by atoms with Crippen LogP contribution in [0.25, 0.3) is 6.08 Å². The Morgan fingerprint density at radius 3 is 2.39 bits per heavy atom. The highest BCUT2D eigenvalue weighted by atomic mass is 35.5. The van der Waals surface area contributed by atoms with Gasteiger partial charge in [-0.25, -0.2) is 0 Å². The van der Waals surface area contributed by atoms with Crippen molar-refractivity contribution in [2.45, 2.75) is 0 Å². The van der Waals surface area contributed by atoms with Crippen molar-refractivity contribution in [3.8, 4) is 17.2 Å². The van der Waals surface area contributed by atoms with Crippen LogP contribution in [-0.4, -0.2) is 48.9 Å². The first-order chi connectivity index (χ1) is 14.9. The van der Waals surface area contributed by atoms with Gasteiger partial charge in [-0.2, -0.15) is 0 Å². The predicted octanol–water partition coefficient (Wildman–Crippen LogP) is 4.21.